The summed E-state index contributed by atoms with van der Waals surface area (Å²) in [5, 5.41) is 19.5. The molecule has 0 aliphatic carbocycles. The van der Waals surface area contributed by atoms with Gasteiger partial charge in [0.05, 0.1) is 18.8 Å². The Hall–Kier alpha value is -0.870. The van der Waals surface area contributed by atoms with E-state index in [0.29, 0.717) is 13.0 Å². The number of aliphatic hydroxyl groups is 2. The van der Waals surface area contributed by atoms with Crippen molar-refractivity contribution in [1.82, 2.24) is 0 Å². The van der Waals surface area contributed by atoms with E-state index in [1.807, 2.05) is 0 Å². The zero-order chi connectivity index (χ0) is 16.6. The van der Waals surface area contributed by atoms with Crippen LogP contribution in [0.25, 0.3) is 0 Å². The van der Waals surface area contributed by atoms with Crippen LogP contribution in [-0.4, -0.2) is 35.0 Å². The van der Waals surface area contributed by atoms with Gasteiger partial charge in [0.1, 0.15) is 0 Å². The molecule has 0 aromatic rings. The van der Waals surface area contributed by atoms with Crippen molar-refractivity contribution in [1.29, 1.82) is 0 Å². The number of hydrogen-bond acceptors (Lipinski definition) is 4. The molecule has 0 rings (SSSR count). The van der Waals surface area contributed by atoms with Crippen molar-refractivity contribution in [3.05, 3.63) is 12.2 Å². The van der Waals surface area contributed by atoms with Gasteiger partial charge in [-0.15, -0.1) is 0 Å². The third-order valence-electron chi connectivity index (χ3n) is 3.71. The van der Waals surface area contributed by atoms with Crippen LogP contribution in [-0.2, 0) is 9.53 Å². The molecule has 0 saturated heterocycles. The lowest BCUT2D eigenvalue weighted by atomic mass is 10.0. The standard InChI is InChI=1S/C18H34O4/c1-3-5-6-7-8-9-10-11-12-13-16(19)17(20)14-15-18(21)22-4-2/h14-17,19-20H,3-13H2,1-2H3/b15-14+/t16-,17-/m1/s1. The third kappa shape index (κ3) is 12.8. The lowest BCUT2D eigenvalue weighted by molar-refractivity contribution is -0.137. The van der Waals surface area contributed by atoms with Crippen LogP contribution >= 0.6 is 0 Å². The molecule has 0 unspecified atom stereocenters. The Balaban J connectivity index is 3.55. The fourth-order valence-corrected chi connectivity index (χ4v) is 2.33. The van der Waals surface area contributed by atoms with Crippen molar-refractivity contribution in [2.75, 3.05) is 6.61 Å². The third-order valence-corrected chi connectivity index (χ3v) is 3.71. The molecule has 0 bridgehead atoms. The highest BCUT2D eigenvalue weighted by atomic mass is 16.5. The van der Waals surface area contributed by atoms with Crippen molar-refractivity contribution in [2.45, 2.75) is 90.3 Å². The summed E-state index contributed by atoms with van der Waals surface area (Å²) in [5.74, 6) is -0.489. The van der Waals surface area contributed by atoms with Gasteiger partial charge in [-0.25, -0.2) is 4.79 Å². The van der Waals surface area contributed by atoms with E-state index in [2.05, 4.69) is 6.92 Å². The molecule has 2 N–H and O–H groups in total. The average molecular weight is 314 g/mol. The van der Waals surface area contributed by atoms with E-state index in [0.717, 1.165) is 12.8 Å². The minimum atomic E-state index is -1.00. The highest BCUT2D eigenvalue weighted by molar-refractivity contribution is 5.81. The molecule has 0 aromatic heterocycles. The predicted octanol–water partition coefficient (Wildman–Crippen LogP) is 3.75. The fourth-order valence-electron chi connectivity index (χ4n) is 2.33. The molecular weight excluding hydrogens is 280 g/mol. The SMILES string of the molecule is CCCCCCCCCCC[C@@H](O)[C@H](O)/C=C/C(=O)OCC. The Morgan fingerprint density at radius 3 is 2.05 bits per heavy atom. The second-order valence-electron chi connectivity index (χ2n) is 5.79. The van der Waals surface area contributed by atoms with Gasteiger partial charge in [-0.05, 0) is 19.4 Å². The molecule has 4 heteroatoms. The molecule has 0 spiro atoms. The number of rotatable bonds is 14. The zero-order valence-corrected chi connectivity index (χ0v) is 14.3. The van der Waals surface area contributed by atoms with Crippen LogP contribution in [0.5, 0.6) is 0 Å². The van der Waals surface area contributed by atoms with E-state index in [1.165, 1.54) is 57.1 Å². The van der Waals surface area contributed by atoms with Crippen LogP contribution in [0.2, 0.25) is 0 Å². The van der Waals surface area contributed by atoms with Gasteiger partial charge in [0.15, 0.2) is 0 Å². The summed E-state index contributed by atoms with van der Waals surface area (Å²) in [6.45, 7) is 4.25. The van der Waals surface area contributed by atoms with E-state index in [-0.39, 0.29) is 0 Å². The zero-order valence-electron chi connectivity index (χ0n) is 14.3. The summed E-state index contributed by atoms with van der Waals surface area (Å²) in [6.07, 6.45) is 12.2. The van der Waals surface area contributed by atoms with Gasteiger partial charge in [-0.1, -0.05) is 64.7 Å². The first kappa shape index (κ1) is 21.1. The van der Waals surface area contributed by atoms with Gasteiger partial charge < -0.3 is 14.9 Å². The van der Waals surface area contributed by atoms with E-state index >= 15 is 0 Å². The maximum absolute atomic E-state index is 11.1. The Morgan fingerprint density at radius 1 is 0.955 bits per heavy atom. The summed E-state index contributed by atoms with van der Waals surface area (Å²) >= 11 is 0. The van der Waals surface area contributed by atoms with Crippen molar-refractivity contribution < 1.29 is 19.7 Å². The second-order valence-corrected chi connectivity index (χ2v) is 5.79. The van der Waals surface area contributed by atoms with Crippen LogP contribution in [0.15, 0.2) is 12.2 Å². The molecule has 0 aromatic carbocycles. The first-order valence-electron chi connectivity index (χ1n) is 8.82. The normalized spacial score (nSPS) is 14.2. The predicted molar refractivity (Wildman–Crippen MR) is 89.6 cm³/mol. The molecule has 130 valence electrons. The topological polar surface area (TPSA) is 66.8 Å². The van der Waals surface area contributed by atoms with Gasteiger partial charge in [-0.3, -0.25) is 0 Å². The maximum Gasteiger partial charge on any atom is 0.330 e. The monoisotopic (exact) mass is 314 g/mol. The number of unbranched alkanes of at least 4 members (excludes halogenated alkanes) is 8. The van der Waals surface area contributed by atoms with Gasteiger partial charge in [0.2, 0.25) is 0 Å². The van der Waals surface area contributed by atoms with Crippen LogP contribution < -0.4 is 0 Å². The van der Waals surface area contributed by atoms with Crippen molar-refractivity contribution >= 4 is 5.97 Å². The first-order valence-corrected chi connectivity index (χ1v) is 8.82. The molecule has 0 heterocycles. The minimum absolute atomic E-state index is 0.306. The van der Waals surface area contributed by atoms with Crippen molar-refractivity contribution in [3.63, 3.8) is 0 Å². The molecule has 0 amide bonds. The fraction of sp³-hybridized carbons (Fsp3) is 0.833. The number of ether oxygens (including phenoxy) is 1. The highest BCUT2D eigenvalue weighted by Gasteiger charge is 2.13. The molecule has 0 saturated carbocycles. The van der Waals surface area contributed by atoms with Crippen LogP contribution in [0.4, 0.5) is 0 Å². The molecule has 22 heavy (non-hydrogen) atoms. The summed E-state index contributed by atoms with van der Waals surface area (Å²) < 4.78 is 4.71. The van der Waals surface area contributed by atoms with Crippen molar-refractivity contribution in [2.24, 2.45) is 0 Å². The van der Waals surface area contributed by atoms with Gasteiger partial charge in [0, 0.05) is 6.08 Å². The lowest BCUT2D eigenvalue weighted by Gasteiger charge is -2.14. The summed E-state index contributed by atoms with van der Waals surface area (Å²) in [4.78, 5) is 11.1. The van der Waals surface area contributed by atoms with Gasteiger partial charge >= 0.3 is 5.97 Å². The molecule has 0 radical (unpaired) electrons. The molecular formula is C18H34O4. The van der Waals surface area contributed by atoms with E-state index in [9.17, 15) is 15.0 Å². The van der Waals surface area contributed by atoms with Crippen LogP contribution in [0.3, 0.4) is 0 Å². The Morgan fingerprint density at radius 2 is 1.50 bits per heavy atom. The summed E-state index contributed by atoms with van der Waals surface area (Å²) in [7, 11) is 0. The van der Waals surface area contributed by atoms with Gasteiger partial charge in [-0.2, -0.15) is 0 Å². The summed E-state index contributed by atoms with van der Waals surface area (Å²) in [5.41, 5.74) is 0. The van der Waals surface area contributed by atoms with Crippen LogP contribution in [0, 0.1) is 0 Å². The number of carbonyl (C=O) groups excluding carboxylic acids is 1. The van der Waals surface area contributed by atoms with Gasteiger partial charge in [0.25, 0.3) is 0 Å². The largest absolute Gasteiger partial charge is 0.463 e. The van der Waals surface area contributed by atoms with E-state index in [4.69, 9.17) is 4.74 Å². The van der Waals surface area contributed by atoms with Crippen molar-refractivity contribution in [3.8, 4) is 0 Å². The summed E-state index contributed by atoms with van der Waals surface area (Å²) in [6, 6.07) is 0. The quantitative estimate of drug-likeness (QED) is 0.291. The molecule has 4 nitrogen and oxygen atoms in total. The minimum Gasteiger partial charge on any atom is -0.463 e. The number of carbonyl (C=O) groups is 1. The second kappa shape index (κ2) is 15.0. The number of aliphatic hydroxyl groups excluding tert-OH is 2. The first-order chi connectivity index (χ1) is 10.6. The Kier molecular flexibility index (Phi) is 14.4. The average Bonchev–Trinajstić information content (AvgIpc) is 2.51. The maximum atomic E-state index is 11.1. The molecule has 0 aliphatic heterocycles. The smallest absolute Gasteiger partial charge is 0.330 e. The highest BCUT2D eigenvalue weighted by Crippen LogP contribution is 2.12. The lowest BCUT2D eigenvalue weighted by Crippen LogP contribution is -2.23. The van der Waals surface area contributed by atoms with Crippen LogP contribution in [0.1, 0.15) is 78.1 Å². The van der Waals surface area contributed by atoms with E-state index in [1.54, 1.807) is 6.92 Å². The van der Waals surface area contributed by atoms with E-state index < -0.39 is 18.2 Å². The Bertz CT molecular complexity index is 289. The number of esters is 1. The molecule has 0 fully saturated rings. The Labute approximate surface area is 135 Å². The molecule has 2 atom stereocenters. The number of hydrogen-bond donors (Lipinski definition) is 2. The molecule has 0 aliphatic rings.